The van der Waals surface area contributed by atoms with Crippen LogP contribution in [0.4, 0.5) is 0 Å². The van der Waals surface area contributed by atoms with Crippen molar-refractivity contribution in [1.29, 1.82) is 0 Å². The van der Waals surface area contributed by atoms with Crippen LogP contribution in [0.15, 0.2) is 60.8 Å². The van der Waals surface area contributed by atoms with Crippen LogP contribution >= 0.6 is 0 Å². The van der Waals surface area contributed by atoms with Gasteiger partial charge in [-0.15, -0.1) is 0 Å². The second-order valence-electron chi connectivity index (χ2n) is 16.9. The second-order valence-corrected chi connectivity index (χ2v) is 16.9. The molecule has 0 saturated heterocycles. The smallest absolute Gasteiger partial charge is 0.306 e. The van der Waals surface area contributed by atoms with Crippen molar-refractivity contribution in [1.82, 2.24) is 5.32 Å². The Balaban J connectivity index is 4.70. The number of aliphatic hydroxyl groups is 2. The van der Waals surface area contributed by atoms with Crippen molar-refractivity contribution in [2.24, 2.45) is 0 Å². The molecule has 3 N–H and O–H groups in total. The maximum atomic E-state index is 13.2. The number of esters is 1. The van der Waals surface area contributed by atoms with Crippen LogP contribution in [-0.4, -0.2) is 46.9 Å². The van der Waals surface area contributed by atoms with Crippen molar-refractivity contribution in [2.75, 3.05) is 6.61 Å². The van der Waals surface area contributed by atoms with Crippen molar-refractivity contribution >= 4 is 11.9 Å². The fourth-order valence-corrected chi connectivity index (χ4v) is 7.34. The molecule has 0 saturated carbocycles. The molecule has 0 bridgehead atoms. The van der Waals surface area contributed by atoms with E-state index in [1.54, 1.807) is 0 Å². The molecular formula is C53H95NO5. The third-order valence-corrected chi connectivity index (χ3v) is 11.1. The average Bonchev–Trinajstić information content (AvgIpc) is 3.23. The molecule has 0 rings (SSSR count). The number of hydrogen-bond acceptors (Lipinski definition) is 5. The van der Waals surface area contributed by atoms with Crippen molar-refractivity contribution in [3.63, 3.8) is 0 Å². The number of carbonyl (C=O) groups is 2. The molecule has 6 heteroatoms. The number of carbonyl (C=O) groups excluding carboxylic acids is 2. The van der Waals surface area contributed by atoms with E-state index >= 15 is 0 Å². The molecule has 59 heavy (non-hydrogen) atoms. The first kappa shape index (κ1) is 56.6. The zero-order valence-electron chi connectivity index (χ0n) is 38.9. The van der Waals surface area contributed by atoms with Gasteiger partial charge in [-0.2, -0.15) is 0 Å². The van der Waals surface area contributed by atoms with Gasteiger partial charge < -0.3 is 20.3 Å². The molecular weight excluding hydrogens is 731 g/mol. The van der Waals surface area contributed by atoms with Gasteiger partial charge in [0.15, 0.2) is 0 Å². The quantitative estimate of drug-likeness (QED) is 0.0323. The van der Waals surface area contributed by atoms with Gasteiger partial charge in [0, 0.05) is 12.8 Å². The van der Waals surface area contributed by atoms with Gasteiger partial charge in [0.1, 0.15) is 6.10 Å². The molecule has 3 unspecified atom stereocenters. The van der Waals surface area contributed by atoms with Gasteiger partial charge in [0.05, 0.1) is 25.2 Å². The van der Waals surface area contributed by atoms with Gasteiger partial charge in [-0.3, -0.25) is 9.59 Å². The topological polar surface area (TPSA) is 95.9 Å². The Bertz CT molecular complexity index is 1060. The van der Waals surface area contributed by atoms with Crippen LogP contribution in [-0.2, 0) is 14.3 Å². The Kier molecular flexibility index (Phi) is 44.7. The summed E-state index contributed by atoms with van der Waals surface area (Å²) < 4.78 is 5.85. The van der Waals surface area contributed by atoms with Crippen molar-refractivity contribution in [3.05, 3.63) is 60.8 Å². The van der Waals surface area contributed by atoms with E-state index in [1.807, 2.05) is 12.2 Å². The minimum Gasteiger partial charge on any atom is -0.461 e. The first-order valence-electron chi connectivity index (χ1n) is 25.0. The summed E-state index contributed by atoms with van der Waals surface area (Å²) in [5.74, 6) is -0.577. The number of amides is 1. The van der Waals surface area contributed by atoms with Crippen LogP contribution in [0.25, 0.3) is 0 Å². The Morgan fingerprint density at radius 1 is 0.508 bits per heavy atom. The molecule has 3 atom stereocenters. The van der Waals surface area contributed by atoms with Gasteiger partial charge in [0.2, 0.25) is 5.91 Å². The first-order valence-corrected chi connectivity index (χ1v) is 25.0. The van der Waals surface area contributed by atoms with Crippen molar-refractivity contribution in [3.8, 4) is 0 Å². The van der Waals surface area contributed by atoms with E-state index in [9.17, 15) is 19.8 Å². The summed E-state index contributed by atoms with van der Waals surface area (Å²) >= 11 is 0. The van der Waals surface area contributed by atoms with Crippen LogP contribution in [0, 0.1) is 0 Å². The van der Waals surface area contributed by atoms with E-state index in [2.05, 4.69) is 74.7 Å². The normalized spacial score (nSPS) is 13.8. The Labute approximate surface area is 365 Å². The van der Waals surface area contributed by atoms with Gasteiger partial charge in [-0.25, -0.2) is 0 Å². The number of rotatable bonds is 44. The molecule has 6 nitrogen and oxygen atoms in total. The molecule has 0 radical (unpaired) electrons. The highest BCUT2D eigenvalue weighted by Crippen LogP contribution is 2.16. The largest absolute Gasteiger partial charge is 0.461 e. The summed E-state index contributed by atoms with van der Waals surface area (Å²) in [6, 6.07) is -0.731. The third kappa shape index (κ3) is 42.1. The van der Waals surface area contributed by atoms with Gasteiger partial charge >= 0.3 is 5.97 Å². The van der Waals surface area contributed by atoms with E-state index < -0.39 is 18.2 Å². The predicted octanol–water partition coefficient (Wildman–Crippen LogP) is 14.8. The van der Waals surface area contributed by atoms with Crippen LogP contribution in [0.1, 0.15) is 239 Å². The zero-order valence-corrected chi connectivity index (χ0v) is 38.9. The van der Waals surface area contributed by atoms with Crippen LogP contribution < -0.4 is 5.32 Å². The van der Waals surface area contributed by atoms with Crippen molar-refractivity contribution in [2.45, 2.75) is 257 Å². The molecule has 0 heterocycles. The maximum Gasteiger partial charge on any atom is 0.306 e. The predicted molar refractivity (Wildman–Crippen MR) is 255 cm³/mol. The van der Waals surface area contributed by atoms with Crippen LogP contribution in [0.3, 0.4) is 0 Å². The number of hydrogen-bond donors (Lipinski definition) is 3. The first-order chi connectivity index (χ1) is 29.0. The highest BCUT2D eigenvalue weighted by molar-refractivity contribution is 5.77. The number of nitrogens with one attached hydrogen (secondary N) is 1. The summed E-state index contributed by atoms with van der Waals surface area (Å²) in [5.41, 5.74) is 0. The minimum absolute atomic E-state index is 0.000382. The van der Waals surface area contributed by atoms with E-state index in [4.69, 9.17) is 4.74 Å². The van der Waals surface area contributed by atoms with Crippen LogP contribution in [0.5, 0.6) is 0 Å². The fraction of sp³-hybridized carbons (Fsp3) is 0.774. The molecule has 0 aliphatic carbocycles. The number of unbranched alkanes of at least 4 members (excludes halogenated alkanes) is 23. The SMILES string of the molecule is CC/C=C\C/C=C\C/C=C\C/C=C\C/C=C\CC(CC(=O)NC(CO)C(O)CCCCCCCCCCCCCCCC)OC(=O)CCCCCCCCCCCCC. The second kappa shape index (κ2) is 46.6. The third-order valence-electron chi connectivity index (χ3n) is 11.1. The summed E-state index contributed by atoms with van der Waals surface area (Å²) in [7, 11) is 0. The van der Waals surface area contributed by atoms with E-state index in [0.717, 1.165) is 70.6 Å². The van der Waals surface area contributed by atoms with Crippen molar-refractivity contribution < 1.29 is 24.5 Å². The van der Waals surface area contributed by atoms with Crippen LogP contribution in [0.2, 0.25) is 0 Å². The standard InChI is InChI=1S/C53H95NO5/c1-4-7-10-13-16-19-22-24-26-27-30-32-35-38-41-44-49(59-53(58)46-43-40-37-34-29-21-18-15-12-9-6-3)47-52(57)54-50(48-55)51(56)45-42-39-36-33-31-28-25-23-20-17-14-11-8-5-2/h7,10,16,19,24,26,30,32,38,41,49-51,55-56H,4-6,8-9,11-15,17-18,20-23,25,27-29,31,33-37,39-40,42-48H2,1-3H3,(H,54,57)/b10-7-,19-16-,26-24-,32-30-,41-38-. The van der Waals surface area contributed by atoms with Gasteiger partial charge in [-0.05, 0) is 44.9 Å². The fourth-order valence-electron chi connectivity index (χ4n) is 7.34. The van der Waals surface area contributed by atoms with E-state index in [0.29, 0.717) is 19.3 Å². The summed E-state index contributed by atoms with van der Waals surface area (Å²) in [4.78, 5) is 26.0. The number of aliphatic hydroxyl groups excluding tert-OH is 2. The molecule has 0 aromatic carbocycles. The highest BCUT2D eigenvalue weighted by atomic mass is 16.5. The van der Waals surface area contributed by atoms with Gasteiger partial charge in [0.25, 0.3) is 0 Å². The summed E-state index contributed by atoms with van der Waals surface area (Å²) in [6.45, 7) is 6.33. The lowest BCUT2D eigenvalue weighted by molar-refractivity contribution is -0.150. The molecule has 0 aromatic rings. The van der Waals surface area contributed by atoms with Gasteiger partial charge in [-0.1, -0.05) is 236 Å². The lowest BCUT2D eigenvalue weighted by atomic mass is 10.0. The lowest BCUT2D eigenvalue weighted by Crippen LogP contribution is -2.46. The molecule has 342 valence electrons. The van der Waals surface area contributed by atoms with E-state index in [1.165, 1.54) is 122 Å². The number of allylic oxidation sites excluding steroid dienone is 9. The monoisotopic (exact) mass is 826 g/mol. The van der Waals surface area contributed by atoms with E-state index in [-0.39, 0.29) is 24.9 Å². The minimum atomic E-state index is -0.811. The molecule has 0 aliphatic heterocycles. The molecule has 0 fully saturated rings. The Hall–Kier alpha value is -2.44. The molecule has 1 amide bonds. The molecule has 0 aliphatic rings. The maximum absolute atomic E-state index is 13.2. The Morgan fingerprint density at radius 3 is 1.29 bits per heavy atom. The average molecular weight is 826 g/mol. The molecule has 0 aromatic heterocycles. The number of ether oxygens (including phenoxy) is 1. The summed E-state index contributed by atoms with van der Waals surface area (Å²) in [5, 5.41) is 23.7. The lowest BCUT2D eigenvalue weighted by Gasteiger charge is -2.24. The summed E-state index contributed by atoms with van der Waals surface area (Å²) in [6.07, 6.45) is 57.2. The highest BCUT2D eigenvalue weighted by Gasteiger charge is 2.23. The molecule has 0 spiro atoms. The zero-order chi connectivity index (χ0) is 43.1. The Morgan fingerprint density at radius 2 is 0.881 bits per heavy atom.